The molecule has 21 heavy (non-hydrogen) atoms. The quantitative estimate of drug-likeness (QED) is 0.885. The second-order valence-electron chi connectivity index (χ2n) is 4.61. The molecule has 112 valence electrons. The van der Waals surface area contributed by atoms with Gasteiger partial charge in [0.15, 0.2) is 0 Å². The molecule has 2 aromatic rings. The molecule has 2 rings (SSSR count). The molecule has 1 atom stereocenters. The maximum absolute atomic E-state index is 11.4. The van der Waals surface area contributed by atoms with Crippen LogP contribution in [-0.4, -0.2) is 8.42 Å². The van der Waals surface area contributed by atoms with Crippen LogP contribution in [0.2, 0.25) is 10.0 Å². The van der Waals surface area contributed by atoms with Crippen molar-refractivity contribution < 1.29 is 8.42 Å². The van der Waals surface area contributed by atoms with Crippen molar-refractivity contribution in [2.75, 3.05) is 5.32 Å². The first kappa shape index (κ1) is 16.1. The zero-order valence-electron chi connectivity index (χ0n) is 11.2. The van der Waals surface area contributed by atoms with Crippen LogP contribution < -0.4 is 10.5 Å². The van der Waals surface area contributed by atoms with Gasteiger partial charge in [-0.05, 0) is 42.8 Å². The lowest BCUT2D eigenvalue weighted by Gasteiger charge is -2.16. The predicted octanol–water partition coefficient (Wildman–Crippen LogP) is 3.81. The van der Waals surface area contributed by atoms with E-state index in [4.69, 9.17) is 28.3 Å². The Labute approximate surface area is 133 Å². The molecule has 1 unspecified atom stereocenters. The molecule has 0 aromatic heterocycles. The smallest absolute Gasteiger partial charge is 0.238 e. The largest absolute Gasteiger partial charge is 0.378 e. The minimum Gasteiger partial charge on any atom is -0.378 e. The normalized spacial score (nSPS) is 13.0. The standard InChI is InChI=1S/C14H14Cl2N2O2S/c1-9(18-11-5-6-13(15)14(16)8-11)10-3-2-4-12(7-10)21(17,19)20/h2-9,18H,1H3,(H2,17,19,20). The molecule has 3 N–H and O–H groups in total. The summed E-state index contributed by atoms with van der Waals surface area (Å²) in [4.78, 5) is 0.0859. The molecule has 0 radical (unpaired) electrons. The lowest BCUT2D eigenvalue weighted by molar-refractivity contribution is 0.597. The number of nitrogens with two attached hydrogens (primary N) is 1. The Morgan fingerprint density at radius 3 is 2.43 bits per heavy atom. The van der Waals surface area contributed by atoms with Crippen molar-refractivity contribution in [2.24, 2.45) is 5.14 Å². The van der Waals surface area contributed by atoms with E-state index < -0.39 is 10.0 Å². The summed E-state index contributed by atoms with van der Waals surface area (Å²) < 4.78 is 22.7. The van der Waals surface area contributed by atoms with Gasteiger partial charge in [-0.15, -0.1) is 0 Å². The molecule has 2 aromatic carbocycles. The predicted molar refractivity (Wildman–Crippen MR) is 86.3 cm³/mol. The van der Waals surface area contributed by atoms with Crippen molar-refractivity contribution in [3.63, 3.8) is 0 Å². The minimum absolute atomic E-state index is 0.0859. The van der Waals surface area contributed by atoms with Gasteiger partial charge in [0.2, 0.25) is 10.0 Å². The number of sulfonamides is 1. The molecule has 0 aliphatic rings. The van der Waals surface area contributed by atoms with Gasteiger partial charge in [-0.2, -0.15) is 0 Å². The number of primary sulfonamides is 1. The van der Waals surface area contributed by atoms with Crippen LogP contribution in [0.4, 0.5) is 5.69 Å². The monoisotopic (exact) mass is 344 g/mol. The van der Waals surface area contributed by atoms with E-state index in [-0.39, 0.29) is 10.9 Å². The van der Waals surface area contributed by atoms with Gasteiger partial charge in [0.1, 0.15) is 0 Å². The summed E-state index contributed by atoms with van der Waals surface area (Å²) in [6, 6.07) is 11.6. The number of nitrogens with one attached hydrogen (secondary N) is 1. The summed E-state index contributed by atoms with van der Waals surface area (Å²) in [5, 5.41) is 9.29. The van der Waals surface area contributed by atoms with E-state index in [1.807, 2.05) is 13.0 Å². The van der Waals surface area contributed by atoms with Crippen LogP contribution in [0.1, 0.15) is 18.5 Å². The van der Waals surface area contributed by atoms with Crippen molar-refractivity contribution in [2.45, 2.75) is 17.9 Å². The molecular formula is C14H14Cl2N2O2S. The number of halogens is 2. The average molecular weight is 345 g/mol. The van der Waals surface area contributed by atoms with Crippen LogP contribution in [0, 0.1) is 0 Å². The third-order valence-electron chi connectivity index (χ3n) is 2.99. The van der Waals surface area contributed by atoms with E-state index in [2.05, 4.69) is 5.32 Å². The first-order valence-electron chi connectivity index (χ1n) is 6.12. The molecule has 0 aliphatic heterocycles. The number of rotatable bonds is 4. The highest BCUT2D eigenvalue weighted by atomic mass is 35.5. The summed E-state index contributed by atoms with van der Waals surface area (Å²) in [6.07, 6.45) is 0. The van der Waals surface area contributed by atoms with E-state index in [1.54, 1.807) is 30.3 Å². The van der Waals surface area contributed by atoms with Gasteiger partial charge in [-0.3, -0.25) is 0 Å². The molecule has 0 amide bonds. The fourth-order valence-electron chi connectivity index (χ4n) is 1.88. The zero-order valence-corrected chi connectivity index (χ0v) is 13.5. The van der Waals surface area contributed by atoms with Gasteiger partial charge < -0.3 is 5.32 Å². The number of anilines is 1. The van der Waals surface area contributed by atoms with Crippen molar-refractivity contribution in [1.82, 2.24) is 0 Å². The maximum atomic E-state index is 11.4. The highest BCUT2D eigenvalue weighted by Gasteiger charge is 2.12. The zero-order chi connectivity index (χ0) is 15.6. The maximum Gasteiger partial charge on any atom is 0.238 e. The van der Waals surface area contributed by atoms with Crippen molar-refractivity contribution in [3.05, 3.63) is 58.1 Å². The van der Waals surface area contributed by atoms with E-state index in [0.717, 1.165) is 11.3 Å². The van der Waals surface area contributed by atoms with Gasteiger partial charge in [0.25, 0.3) is 0 Å². The first-order valence-corrected chi connectivity index (χ1v) is 8.42. The van der Waals surface area contributed by atoms with Crippen LogP contribution in [0.5, 0.6) is 0 Å². The summed E-state index contributed by atoms with van der Waals surface area (Å²) >= 11 is 11.8. The molecular weight excluding hydrogens is 331 g/mol. The van der Waals surface area contributed by atoms with Crippen molar-refractivity contribution >= 4 is 38.9 Å². The Hall–Kier alpha value is -1.27. The number of hydrogen-bond acceptors (Lipinski definition) is 3. The van der Waals surface area contributed by atoms with Crippen LogP contribution in [0.15, 0.2) is 47.4 Å². The first-order chi connectivity index (χ1) is 9.77. The Morgan fingerprint density at radius 2 is 1.81 bits per heavy atom. The van der Waals surface area contributed by atoms with Crippen molar-refractivity contribution in [3.8, 4) is 0 Å². The topological polar surface area (TPSA) is 72.2 Å². The summed E-state index contributed by atoms with van der Waals surface area (Å²) in [5.74, 6) is 0. The van der Waals surface area contributed by atoms with Crippen molar-refractivity contribution in [1.29, 1.82) is 0 Å². The molecule has 0 saturated heterocycles. The molecule has 0 fully saturated rings. The van der Waals surface area contributed by atoms with Crippen LogP contribution in [-0.2, 0) is 10.0 Å². The Kier molecular flexibility index (Phi) is 4.78. The molecule has 0 saturated carbocycles. The summed E-state index contributed by atoms with van der Waals surface area (Å²) in [5.41, 5.74) is 1.59. The van der Waals surface area contributed by atoms with E-state index in [1.165, 1.54) is 6.07 Å². The van der Waals surface area contributed by atoms with Crippen LogP contribution in [0.25, 0.3) is 0 Å². The van der Waals surface area contributed by atoms with Gasteiger partial charge in [0, 0.05) is 11.7 Å². The summed E-state index contributed by atoms with van der Waals surface area (Å²) in [7, 11) is -3.71. The fourth-order valence-corrected chi connectivity index (χ4v) is 2.75. The Bertz CT molecular complexity index is 763. The van der Waals surface area contributed by atoms with E-state index in [0.29, 0.717) is 10.0 Å². The van der Waals surface area contributed by atoms with Gasteiger partial charge in [-0.25, -0.2) is 13.6 Å². The highest BCUT2D eigenvalue weighted by Crippen LogP contribution is 2.27. The molecule has 0 spiro atoms. The van der Waals surface area contributed by atoms with Gasteiger partial charge in [-0.1, -0.05) is 35.3 Å². The van der Waals surface area contributed by atoms with Crippen LogP contribution >= 0.6 is 23.2 Å². The second-order valence-corrected chi connectivity index (χ2v) is 6.99. The molecule has 4 nitrogen and oxygen atoms in total. The number of benzene rings is 2. The minimum atomic E-state index is -3.71. The van der Waals surface area contributed by atoms with Gasteiger partial charge in [0.05, 0.1) is 14.9 Å². The average Bonchev–Trinajstić information content (AvgIpc) is 2.42. The molecule has 0 aliphatic carbocycles. The third kappa shape index (κ3) is 4.11. The van der Waals surface area contributed by atoms with E-state index in [9.17, 15) is 8.42 Å². The Morgan fingerprint density at radius 1 is 1.10 bits per heavy atom. The highest BCUT2D eigenvalue weighted by molar-refractivity contribution is 7.89. The van der Waals surface area contributed by atoms with E-state index >= 15 is 0 Å². The summed E-state index contributed by atoms with van der Waals surface area (Å²) in [6.45, 7) is 1.91. The molecule has 7 heteroatoms. The molecule has 0 bridgehead atoms. The molecule has 0 heterocycles. The Balaban J connectivity index is 2.24. The second kappa shape index (κ2) is 6.23. The lowest BCUT2D eigenvalue weighted by atomic mass is 10.1. The SMILES string of the molecule is CC(Nc1ccc(Cl)c(Cl)c1)c1cccc(S(N)(=O)=O)c1. The third-order valence-corrected chi connectivity index (χ3v) is 4.64. The van der Waals surface area contributed by atoms with Gasteiger partial charge >= 0.3 is 0 Å². The lowest BCUT2D eigenvalue weighted by Crippen LogP contribution is -2.13. The fraction of sp³-hybridized carbons (Fsp3) is 0.143. The van der Waals surface area contributed by atoms with Crippen LogP contribution in [0.3, 0.4) is 0 Å². The number of hydrogen-bond donors (Lipinski definition) is 2.